The Morgan fingerprint density at radius 3 is 2.81 bits per heavy atom. The first-order chi connectivity index (χ1) is 15.6. The van der Waals surface area contributed by atoms with Gasteiger partial charge >= 0.3 is 0 Å². The molecule has 1 aliphatic rings. The van der Waals surface area contributed by atoms with E-state index in [0.717, 1.165) is 47.4 Å². The van der Waals surface area contributed by atoms with Gasteiger partial charge in [-0.05, 0) is 38.8 Å². The van der Waals surface area contributed by atoms with Gasteiger partial charge in [0, 0.05) is 24.1 Å². The van der Waals surface area contributed by atoms with Crippen molar-refractivity contribution in [2.75, 3.05) is 13.2 Å². The summed E-state index contributed by atoms with van der Waals surface area (Å²) in [6, 6.07) is 16.2. The van der Waals surface area contributed by atoms with Gasteiger partial charge in [-0.1, -0.05) is 53.7 Å². The molecule has 0 bridgehead atoms. The van der Waals surface area contributed by atoms with Crippen LogP contribution >= 0.6 is 11.8 Å². The van der Waals surface area contributed by atoms with Gasteiger partial charge in [0.05, 0.1) is 16.9 Å². The number of nitrogens with zero attached hydrogens (tertiary/aromatic N) is 4. The molecule has 2 atom stereocenters. The number of aryl methyl sites for hydroxylation is 1. The molecule has 1 amide bonds. The van der Waals surface area contributed by atoms with Crippen LogP contribution in [-0.2, 0) is 9.53 Å². The predicted molar refractivity (Wildman–Crippen MR) is 126 cm³/mol. The fourth-order valence-electron chi connectivity index (χ4n) is 3.91. The van der Waals surface area contributed by atoms with Crippen molar-refractivity contribution < 1.29 is 9.53 Å². The van der Waals surface area contributed by atoms with Crippen molar-refractivity contribution >= 4 is 34.2 Å². The highest BCUT2D eigenvalue weighted by molar-refractivity contribution is 8.00. The molecule has 1 saturated heterocycles. The Balaban J connectivity index is 1.49. The second-order valence-corrected chi connectivity index (χ2v) is 9.41. The van der Waals surface area contributed by atoms with E-state index in [1.165, 1.54) is 17.3 Å². The quantitative estimate of drug-likeness (QED) is 0.450. The van der Waals surface area contributed by atoms with Gasteiger partial charge in [0.1, 0.15) is 5.82 Å². The van der Waals surface area contributed by atoms with E-state index in [-0.39, 0.29) is 17.3 Å². The molecule has 1 fully saturated rings. The van der Waals surface area contributed by atoms with E-state index in [4.69, 9.17) is 9.72 Å². The molecule has 1 N–H and O–H groups in total. The number of rotatable bonds is 6. The summed E-state index contributed by atoms with van der Waals surface area (Å²) in [6.45, 7) is 5.27. The van der Waals surface area contributed by atoms with Crippen LogP contribution in [0.2, 0.25) is 0 Å². The lowest BCUT2D eigenvalue weighted by atomic mass is 10.1. The second-order valence-electron chi connectivity index (χ2n) is 8.10. The minimum atomic E-state index is -0.332. The van der Waals surface area contributed by atoms with Crippen LogP contribution in [-0.4, -0.2) is 50.0 Å². The van der Waals surface area contributed by atoms with E-state index in [2.05, 4.69) is 46.7 Å². The van der Waals surface area contributed by atoms with Crippen molar-refractivity contribution in [2.45, 2.75) is 43.2 Å². The van der Waals surface area contributed by atoms with Crippen molar-refractivity contribution in [3.05, 3.63) is 54.1 Å². The fourth-order valence-corrected chi connectivity index (χ4v) is 4.78. The Bertz CT molecular complexity index is 1260. The minimum absolute atomic E-state index is 0.0344. The van der Waals surface area contributed by atoms with E-state index in [0.29, 0.717) is 11.7 Å². The van der Waals surface area contributed by atoms with Gasteiger partial charge in [-0.2, -0.15) is 0 Å². The molecule has 0 saturated carbocycles. The summed E-state index contributed by atoms with van der Waals surface area (Å²) in [7, 11) is 0. The lowest BCUT2D eigenvalue weighted by Crippen LogP contribution is -2.36. The molecule has 3 heterocycles. The number of carbonyl (C=O) groups excluding carboxylic acids is 1. The maximum absolute atomic E-state index is 12.7. The topological polar surface area (TPSA) is 81.4 Å². The van der Waals surface area contributed by atoms with E-state index in [1.54, 1.807) is 0 Å². The summed E-state index contributed by atoms with van der Waals surface area (Å²) < 4.78 is 7.56. The Labute approximate surface area is 190 Å². The van der Waals surface area contributed by atoms with E-state index < -0.39 is 0 Å². The summed E-state index contributed by atoms with van der Waals surface area (Å²) in [4.78, 5) is 17.6. The molecule has 5 rings (SSSR count). The number of aromatic nitrogens is 4. The first kappa shape index (κ1) is 20.9. The molecule has 0 spiro atoms. The number of amides is 1. The number of fused-ring (bicyclic) bond motifs is 3. The lowest BCUT2D eigenvalue weighted by molar-refractivity contribution is -0.120. The molecule has 8 heteroatoms. The van der Waals surface area contributed by atoms with Gasteiger partial charge in [-0.3, -0.25) is 9.20 Å². The van der Waals surface area contributed by atoms with Crippen molar-refractivity contribution in [1.82, 2.24) is 24.9 Å². The predicted octanol–water partition coefficient (Wildman–Crippen LogP) is 4.03. The third-order valence-corrected chi connectivity index (χ3v) is 6.75. The SMILES string of the molecule is Cc1ccc(-c2nc3ccccc3c3nnc(S[C@@H](C)C(=O)NC[C@@H]4CCCO4)n23)cc1. The maximum atomic E-state index is 12.7. The van der Waals surface area contributed by atoms with Crippen LogP contribution in [0.25, 0.3) is 27.9 Å². The number of hydrogen-bond donors (Lipinski definition) is 1. The van der Waals surface area contributed by atoms with Gasteiger partial charge in [-0.15, -0.1) is 10.2 Å². The summed E-state index contributed by atoms with van der Waals surface area (Å²) in [5, 5.41) is 13.2. The fraction of sp³-hybridized carbons (Fsp3) is 0.333. The van der Waals surface area contributed by atoms with E-state index in [1.807, 2.05) is 35.6 Å². The number of carbonyl (C=O) groups is 1. The average molecular weight is 448 g/mol. The molecule has 0 radical (unpaired) electrons. The zero-order valence-corrected chi connectivity index (χ0v) is 18.9. The molecular weight excluding hydrogens is 422 g/mol. The van der Waals surface area contributed by atoms with Crippen LogP contribution in [0.5, 0.6) is 0 Å². The summed E-state index contributed by atoms with van der Waals surface area (Å²) in [6.07, 6.45) is 2.17. The van der Waals surface area contributed by atoms with Crippen LogP contribution in [0, 0.1) is 6.92 Å². The molecule has 1 aliphatic heterocycles. The first-order valence-electron chi connectivity index (χ1n) is 10.9. The highest BCUT2D eigenvalue weighted by Gasteiger charge is 2.23. The number of ether oxygens (including phenoxy) is 1. The Morgan fingerprint density at radius 1 is 1.22 bits per heavy atom. The molecule has 7 nitrogen and oxygen atoms in total. The number of nitrogens with one attached hydrogen (secondary N) is 1. The monoisotopic (exact) mass is 447 g/mol. The van der Waals surface area contributed by atoms with Crippen LogP contribution in [0.4, 0.5) is 0 Å². The second kappa shape index (κ2) is 8.88. The molecule has 0 aliphatic carbocycles. The van der Waals surface area contributed by atoms with E-state index >= 15 is 0 Å². The molecule has 0 unspecified atom stereocenters. The third-order valence-electron chi connectivity index (χ3n) is 5.71. The number of benzene rings is 2. The van der Waals surface area contributed by atoms with Crippen LogP contribution in [0.15, 0.2) is 53.7 Å². The van der Waals surface area contributed by atoms with Crippen LogP contribution in [0.3, 0.4) is 0 Å². The molecule has 164 valence electrons. The zero-order chi connectivity index (χ0) is 22.1. The normalized spacial score (nSPS) is 17.1. The smallest absolute Gasteiger partial charge is 0.233 e. The minimum Gasteiger partial charge on any atom is -0.376 e. The third kappa shape index (κ3) is 4.08. The summed E-state index contributed by atoms with van der Waals surface area (Å²) in [5.41, 5.74) is 3.76. The lowest BCUT2D eigenvalue weighted by Gasteiger charge is -2.15. The van der Waals surface area contributed by atoms with Crippen LogP contribution < -0.4 is 5.32 Å². The van der Waals surface area contributed by atoms with Gasteiger partial charge < -0.3 is 10.1 Å². The molecule has 4 aromatic rings. The summed E-state index contributed by atoms with van der Waals surface area (Å²) >= 11 is 1.39. The number of hydrogen-bond acceptors (Lipinski definition) is 6. The Hall–Kier alpha value is -2.97. The summed E-state index contributed by atoms with van der Waals surface area (Å²) in [5.74, 6) is 0.728. The van der Waals surface area contributed by atoms with Gasteiger partial charge in [0.2, 0.25) is 5.91 Å². The van der Waals surface area contributed by atoms with Crippen molar-refractivity contribution in [2.24, 2.45) is 0 Å². The average Bonchev–Trinajstić information content (AvgIpc) is 3.48. The standard InChI is InChI=1S/C24H25N5O2S/c1-15-9-11-17(12-10-15)21-26-20-8-4-3-7-19(20)22-27-28-24(29(21)22)32-16(2)23(30)25-14-18-6-5-13-31-18/h3-4,7-12,16,18H,5-6,13-14H2,1-2H3,(H,25,30)/t16-,18-/m0/s1. The van der Waals surface area contributed by atoms with Gasteiger partial charge in [0.25, 0.3) is 0 Å². The van der Waals surface area contributed by atoms with Crippen molar-refractivity contribution in [1.29, 1.82) is 0 Å². The Morgan fingerprint density at radius 2 is 2.03 bits per heavy atom. The Kier molecular flexibility index (Phi) is 5.80. The largest absolute Gasteiger partial charge is 0.376 e. The van der Waals surface area contributed by atoms with Crippen molar-refractivity contribution in [3.63, 3.8) is 0 Å². The highest BCUT2D eigenvalue weighted by Crippen LogP contribution is 2.30. The van der Waals surface area contributed by atoms with Crippen molar-refractivity contribution in [3.8, 4) is 11.4 Å². The first-order valence-corrected chi connectivity index (χ1v) is 11.7. The van der Waals surface area contributed by atoms with Gasteiger partial charge in [0.15, 0.2) is 10.8 Å². The van der Waals surface area contributed by atoms with Crippen LogP contribution in [0.1, 0.15) is 25.3 Å². The zero-order valence-electron chi connectivity index (χ0n) is 18.1. The highest BCUT2D eigenvalue weighted by atomic mass is 32.2. The number of para-hydroxylation sites is 1. The molecular formula is C24H25N5O2S. The maximum Gasteiger partial charge on any atom is 0.233 e. The molecule has 2 aromatic carbocycles. The molecule has 2 aromatic heterocycles. The van der Waals surface area contributed by atoms with Gasteiger partial charge in [-0.25, -0.2) is 4.98 Å². The number of thioether (sulfide) groups is 1. The van der Waals surface area contributed by atoms with E-state index in [9.17, 15) is 4.79 Å². The molecule has 32 heavy (non-hydrogen) atoms.